The largest absolute Gasteiger partial charge is 0.239 e. The lowest BCUT2D eigenvalue weighted by Crippen LogP contribution is -2.03. The SMILES string of the molecule is CSc1nc(Cl)cc(C(C#N)c2nc3ccccc3s2)n1. The average molecular weight is 333 g/mol. The van der Waals surface area contributed by atoms with E-state index < -0.39 is 5.92 Å². The van der Waals surface area contributed by atoms with Crippen molar-refractivity contribution in [3.8, 4) is 6.07 Å². The number of rotatable bonds is 3. The Bertz CT molecular complexity index is 807. The van der Waals surface area contributed by atoms with Crippen molar-refractivity contribution >= 4 is 44.9 Å². The maximum atomic E-state index is 9.52. The number of aromatic nitrogens is 3. The van der Waals surface area contributed by atoms with Crippen molar-refractivity contribution in [3.63, 3.8) is 0 Å². The van der Waals surface area contributed by atoms with Crippen LogP contribution in [0.4, 0.5) is 0 Å². The second-order valence-electron chi connectivity index (χ2n) is 4.18. The number of hydrogen-bond donors (Lipinski definition) is 0. The Morgan fingerprint density at radius 2 is 2.10 bits per heavy atom. The first kappa shape index (κ1) is 14.3. The van der Waals surface area contributed by atoms with Gasteiger partial charge in [0.2, 0.25) is 0 Å². The summed E-state index contributed by atoms with van der Waals surface area (Å²) in [5, 5.41) is 11.1. The Balaban J connectivity index is 2.09. The molecule has 0 N–H and O–H groups in total. The van der Waals surface area contributed by atoms with Crippen molar-refractivity contribution in [2.45, 2.75) is 11.1 Å². The molecule has 2 heterocycles. The van der Waals surface area contributed by atoms with E-state index in [4.69, 9.17) is 11.6 Å². The number of halogens is 1. The fraction of sp³-hybridized carbons (Fsp3) is 0.143. The summed E-state index contributed by atoms with van der Waals surface area (Å²) >= 11 is 8.90. The fourth-order valence-corrected chi connectivity index (χ4v) is 3.57. The molecule has 1 aromatic carbocycles. The van der Waals surface area contributed by atoms with Crippen molar-refractivity contribution in [1.82, 2.24) is 15.0 Å². The van der Waals surface area contributed by atoms with E-state index in [0.29, 0.717) is 16.0 Å². The third-order valence-electron chi connectivity index (χ3n) is 2.86. The molecule has 0 bridgehead atoms. The van der Waals surface area contributed by atoms with Gasteiger partial charge in [0.1, 0.15) is 16.1 Å². The van der Waals surface area contributed by atoms with Crippen LogP contribution in [0.5, 0.6) is 0 Å². The van der Waals surface area contributed by atoms with E-state index in [0.717, 1.165) is 15.2 Å². The van der Waals surface area contributed by atoms with Crippen LogP contribution in [-0.2, 0) is 0 Å². The number of nitrogens with zero attached hydrogens (tertiary/aromatic N) is 4. The molecule has 0 spiro atoms. The third kappa shape index (κ3) is 2.86. The summed E-state index contributed by atoms with van der Waals surface area (Å²) in [6.45, 7) is 0. The van der Waals surface area contributed by atoms with Crippen LogP contribution in [0.25, 0.3) is 10.2 Å². The molecule has 21 heavy (non-hydrogen) atoms. The van der Waals surface area contributed by atoms with Gasteiger partial charge in [0.05, 0.1) is 22.0 Å². The lowest BCUT2D eigenvalue weighted by molar-refractivity contribution is 0.862. The van der Waals surface area contributed by atoms with Crippen molar-refractivity contribution in [3.05, 3.63) is 46.2 Å². The number of benzene rings is 1. The molecule has 0 aliphatic heterocycles. The number of thiazole rings is 1. The summed E-state index contributed by atoms with van der Waals surface area (Å²) in [6, 6.07) is 11.7. The molecule has 0 aliphatic carbocycles. The van der Waals surface area contributed by atoms with Crippen LogP contribution in [0, 0.1) is 11.3 Å². The van der Waals surface area contributed by atoms with E-state index >= 15 is 0 Å². The number of para-hydroxylation sites is 1. The van der Waals surface area contributed by atoms with Crippen molar-refractivity contribution in [2.75, 3.05) is 6.26 Å². The molecule has 4 nitrogen and oxygen atoms in total. The lowest BCUT2D eigenvalue weighted by atomic mass is 10.1. The lowest BCUT2D eigenvalue weighted by Gasteiger charge is -2.06. The topological polar surface area (TPSA) is 62.5 Å². The van der Waals surface area contributed by atoms with Crippen molar-refractivity contribution in [2.24, 2.45) is 0 Å². The molecule has 1 atom stereocenters. The van der Waals surface area contributed by atoms with E-state index in [9.17, 15) is 5.26 Å². The summed E-state index contributed by atoms with van der Waals surface area (Å²) in [6.07, 6.45) is 1.87. The summed E-state index contributed by atoms with van der Waals surface area (Å²) in [4.78, 5) is 13.0. The van der Waals surface area contributed by atoms with Crippen LogP contribution < -0.4 is 0 Å². The van der Waals surface area contributed by atoms with Gasteiger partial charge >= 0.3 is 0 Å². The normalized spacial score (nSPS) is 12.2. The summed E-state index contributed by atoms with van der Waals surface area (Å²) in [7, 11) is 0. The zero-order chi connectivity index (χ0) is 14.8. The first-order valence-electron chi connectivity index (χ1n) is 6.05. The molecule has 2 aromatic heterocycles. The highest BCUT2D eigenvalue weighted by Gasteiger charge is 2.21. The van der Waals surface area contributed by atoms with Gasteiger partial charge in [-0.2, -0.15) is 5.26 Å². The van der Waals surface area contributed by atoms with Gasteiger partial charge in [-0.05, 0) is 24.5 Å². The average Bonchev–Trinajstić information content (AvgIpc) is 2.90. The second-order valence-corrected chi connectivity index (χ2v) is 6.41. The number of thioether (sulfide) groups is 1. The third-order valence-corrected chi connectivity index (χ3v) is 4.70. The molecule has 0 saturated carbocycles. The molecular weight excluding hydrogens is 324 g/mol. The van der Waals surface area contributed by atoms with Gasteiger partial charge in [-0.1, -0.05) is 35.5 Å². The Morgan fingerprint density at radius 3 is 2.81 bits per heavy atom. The summed E-state index contributed by atoms with van der Waals surface area (Å²) in [5.74, 6) is -0.534. The van der Waals surface area contributed by atoms with Crippen LogP contribution in [0.15, 0.2) is 35.5 Å². The van der Waals surface area contributed by atoms with Crippen LogP contribution in [0.1, 0.15) is 16.6 Å². The van der Waals surface area contributed by atoms with Crippen molar-refractivity contribution < 1.29 is 0 Å². The predicted molar refractivity (Wildman–Crippen MR) is 85.9 cm³/mol. The zero-order valence-electron chi connectivity index (χ0n) is 10.9. The van der Waals surface area contributed by atoms with E-state index in [-0.39, 0.29) is 0 Å². The fourth-order valence-electron chi connectivity index (χ4n) is 1.91. The van der Waals surface area contributed by atoms with E-state index in [1.165, 1.54) is 23.1 Å². The molecule has 0 radical (unpaired) electrons. The van der Waals surface area contributed by atoms with Gasteiger partial charge in [0.15, 0.2) is 5.16 Å². The summed E-state index contributed by atoms with van der Waals surface area (Å²) < 4.78 is 1.05. The molecule has 3 aromatic rings. The van der Waals surface area contributed by atoms with Gasteiger partial charge in [-0.3, -0.25) is 0 Å². The van der Waals surface area contributed by atoms with Crippen LogP contribution in [0.3, 0.4) is 0 Å². The molecule has 7 heteroatoms. The Hall–Kier alpha value is -1.68. The molecule has 3 rings (SSSR count). The van der Waals surface area contributed by atoms with Crippen LogP contribution >= 0.6 is 34.7 Å². The molecule has 1 unspecified atom stereocenters. The highest BCUT2D eigenvalue weighted by molar-refractivity contribution is 7.98. The van der Waals surface area contributed by atoms with Crippen molar-refractivity contribution in [1.29, 1.82) is 5.26 Å². The maximum Gasteiger partial charge on any atom is 0.188 e. The first-order chi connectivity index (χ1) is 10.2. The van der Waals surface area contributed by atoms with E-state index in [1.54, 1.807) is 6.07 Å². The standard InChI is InChI=1S/C14H9ClN4S2/c1-20-14-18-10(6-12(15)19-14)8(7-16)13-17-9-4-2-3-5-11(9)21-13/h2-6,8H,1H3. The zero-order valence-corrected chi connectivity index (χ0v) is 13.3. The Labute approximate surface area is 134 Å². The molecule has 0 saturated heterocycles. The minimum absolute atomic E-state index is 0.339. The molecule has 0 aliphatic rings. The minimum Gasteiger partial charge on any atom is -0.239 e. The highest BCUT2D eigenvalue weighted by atomic mass is 35.5. The quantitative estimate of drug-likeness (QED) is 0.410. The van der Waals surface area contributed by atoms with Crippen LogP contribution in [-0.4, -0.2) is 21.2 Å². The number of nitriles is 1. The molecular formula is C14H9ClN4S2. The van der Waals surface area contributed by atoms with Gasteiger partial charge in [-0.15, -0.1) is 11.3 Å². The smallest absolute Gasteiger partial charge is 0.188 e. The van der Waals surface area contributed by atoms with E-state index in [2.05, 4.69) is 21.0 Å². The Morgan fingerprint density at radius 1 is 1.29 bits per heavy atom. The van der Waals surface area contributed by atoms with Gasteiger partial charge in [-0.25, -0.2) is 15.0 Å². The van der Waals surface area contributed by atoms with Gasteiger partial charge in [0, 0.05) is 0 Å². The second kappa shape index (κ2) is 5.98. The Kier molecular flexibility index (Phi) is 4.06. The summed E-state index contributed by atoms with van der Waals surface area (Å²) in [5.41, 5.74) is 1.48. The minimum atomic E-state index is -0.534. The van der Waals surface area contributed by atoms with Gasteiger partial charge in [0.25, 0.3) is 0 Å². The van der Waals surface area contributed by atoms with Crippen LogP contribution in [0.2, 0.25) is 5.15 Å². The van der Waals surface area contributed by atoms with E-state index in [1.807, 2.05) is 30.5 Å². The van der Waals surface area contributed by atoms with Gasteiger partial charge < -0.3 is 0 Å². The molecule has 104 valence electrons. The molecule has 0 fully saturated rings. The first-order valence-corrected chi connectivity index (χ1v) is 8.46. The number of hydrogen-bond acceptors (Lipinski definition) is 6. The number of fused-ring (bicyclic) bond motifs is 1. The predicted octanol–water partition coefficient (Wildman–Crippen LogP) is 4.12. The monoisotopic (exact) mass is 332 g/mol. The highest BCUT2D eigenvalue weighted by Crippen LogP contribution is 2.31. The maximum absolute atomic E-state index is 9.52. The molecule has 0 amide bonds.